The van der Waals surface area contributed by atoms with Crippen LogP contribution in [0.2, 0.25) is 0 Å². The Kier molecular flexibility index (Phi) is 7.90. The molecular formula is C28H26O7. The minimum atomic E-state index is -1.12. The molecule has 0 saturated heterocycles. The van der Waals surface area contributed by atoms with Gasteiger partial charge in [0.1, 0.15) is 12.7 Å². The molecule has 1 fully saturated rings. The molecule has 180 valence electrons. The summed E-state index contributed by atoms with van der Waals surface area (Å²) in [6.45, 7) is -0.303. The quantitative estimate of drug-likeness (QED) is 0.392. The van der Waals surface area contributed by atoms with E-state index in [4.69, 9.17) is 14.2 Å². The van der Waals surface area contributed by atoms with E-state index in [1.807, 2.05) is 30.3 Å². The highest BCUT2D eigenvalue weighted by Crippen LogP contribution is 2.38. The number of benzene rings is 3. The smallest absolute Gasteiger partial charge is 0.338 e. The summed E-state index contributed by atoms with van der Waals surface area (Å²) < 4.78 is 17.0. The summed E-state index contributed by atoms with van der Waals surface area (Å²) in [5, 5.41) is 10.0. The van der Waals surface area contributed by atoms with Gasteiger partial charge in [-0.2, -0.15) is 0 Å². The number of carbonyl (C=O) groups excluding carboxylic acids is 3. The Morgan fingerprint density at radius 2 is 1.20 bits per heavy atom. The van der Waals surface area contributed by atoms with Crippen LogP contribution in [0.25, 0.3) is 0 Å². The van der Waals surface area contributed by atoms with Crippen LogP contribution in [0.15, 0.2) is 91.0 Å². The minimum Gasteiger partial charge on any atom is -0.460 e. The molecule has 4 rings (SSSR count). The highest BCUT2D eigenvalue weighted by atomic mass is 16.6. The number of carbonyl (C=O) groups is 3. The van der Waals surface area contributed by atoms with Gasteiger partial charge in [-0.05, 0) is 36.2 Å². The Bertz CT molecular complexity index is 1130. The van der Waals surface area contributed by atoms with E-state index in [0.717, 1.165) is 5.56 Å². The Hall–Kier alpha value is -3.97. The Morgan fingerprint density at radius 3 is 1.71 bits per heavy atom. The number of ether oxygens (including phenoxy) is 3. The first-order chi connectivity index (χ1) is 17.1. The second-order valence-electron chi connectivity index (χ2n) is 8.35. The highest BCUT2D eigenvalue weighted by molar-refractivity contribution is 5.91. The molecule has 1 aliphatic rings. The Morgan fingerprint density at radius 1 is 0.714 bits per heavy atom. The number of hydrogen-bond acceptors (Lipinski definition) is 7. The van der Waals surface area contributed by atoms with E-state index in [1.54, 1.807) is 60.7 Å². The number of hydrogen-bond donors (Lipinski definition) is 1. The summed E-state index contributed by atoms with van der Waals surface area (Å²) in [6, 6.07) is 25.9. The summed E-state index contributed by atoms with van der Waals surface area (Å²) >= 11 is 0. The van der Waals surface area contributed by atoms with E-state index in [0.29, 0.717) is 11.1 Å². The van der Waals surface area contributed by atoms with E-state index >= 15 is 0 Å². The molecule has 1 N–H and O–H groups in total. The first-order valence-corrected chi connectivity index (χ1v) is 11.4. The van der Waals surface area contributed by atoms with E-state index in [-0.39, 0.29) is 19.6 Å². The number of aliphatic hydroxyl groups excluding tert-OH is 1. The molecular weight excluding hydrogens is 448 g/mol. The monoisotopic (exact) mass is 474 g/mol. The third-order valence-electron chi connectivity index (χ3n) is 6.01. The zero-order valence-electron chi connectivity index (χ0n) is 19.0. The summed E-state index contributed by atoms with van der Waals surface area (Å²) in [5.41, 5.74) is 1.42. The fourth-order valence-electron chi connectivity index (χ4n) is 4.18. The van der Waals surface area contributed by atoms with Gasteiger partial charge in [-0.3, -0.25) is 4.79 Å². The fourth-order valence-corrected chi connectivity index (χ4v) is 4.18. The van der Waals surface area contributed by atoms with Gasteiger partial charge < -0.3 is 19.3 Å². The lowest BCUT2D eigenvalue weighted by Crippen LogP contribution is -2.40. The van der Waals surface area contributed by atoms with Crippen LogP contribution in [0.3, 0.4) is 0 Å². The number of aliphatic hydroxyl groups is 1. The van der Waals surface area contributed by atoms with Crippen LogP contribution in [0.4, 0.5) is 0 Å². The van der Waals surface area contributed by atoms with Crippen molar-refractivity contribution >= 4 is 17.9 Å². The van der Waals surface area contributed by atoms with E-state index in [9.17, 15) is 19.5 Å². The lowest BCUT2D eigenvalue weighted by atomic mass is 10.0. The molecule has 7 heteroatoms. The second-order valence-corrected chi connectivity index (χ2v) is 8.35. The van der Waals surface area contributed by atoms with Crippen molar-refractivity contribution in [2.75, 3.05) is 6.61 Å². The average Bonchev–Trinajstić information content (AvgIpc) is 3.25. The molecule has 0 aromatic heterocycles. The number of esters is 3. The standard InChI is InChI=1S/C28H26O7/c29-17-22-16-23(28(32)33-18-19-10-4-1-5-11-19)25(35-27(31)21-14-8-3-9-15-21)24(22)34-26(30)20-12-6-2-7-13-20/h1-15,22-25,29H,16-18H2/t22-,23-,24-,25+/m1/s1. The van der Waals surface area contributed by atoms with Crippen molar-refractivity contribution in [1.29, 1.82) is 0 Å². The maximum atomic E-state index is 13.1. The average molecular weight is 475 g/mol. The van der Waals surface area contributed by atoms with Crippen LogP contribution in [0.1, 0.15) is 32.7 Å². The van der Waals surface area contributed by atoms with Gasteiger partial charge in [-0.25, -0.2) is 9.59 Å². The summed E-state index contributed by atoms with van der Waals surface area (Å²) in [5.74, 6) is -3.39. The fraction of sp³-hybridized carbons (Fsp3) is 0.250. The van der Waals surface area contributed by atoms with Crippen molar-refractivity contribution in [3.05, 3.63) is 108 Å². The first kappa shape index (κ1) is 24.2. The van der Waals surface area contributed by atoms with Crippen molar-refractivity contribution in [3.8, 4) is 0 Å². The first-order valence-electron chi connectivity index (χ1n) is 11.4. The second kappa shape index (κ2) is 11.4. The van der Waals surface area contributed by atoms with Crippen LogP contribution < -0.4 is 0 Å². The molecule has 7 nitrogen and oxygen atoms in total. The van der Waals surface area contributed by atoms with Crippen LogP contribution in [0.5, 0.6) is 0 Å². The van der Waals surface area contributed by atoms with Crippen molar-refractivity contribution in [3.63, 3.8) is 0 Å². The zero-order valence-corrected chi connectivity index (χ0v) is 19.0. The van der Waals surface area contributed by atoms with Gasteiger partial charge in [-0.1, -0.05) is 66.7 Å². The van der Waals surface area contributed by atoms with E-state index < -0.39 is 42.0 Å². The lowest BCUT2D eigenvalue weighted by Gasteiger charge is -2.26. The summed E-state index contributed by atoms with van der Waals surface area (Å²) in [7, 11) is 0. The van der Waals surface area contributed by atoms with Crippen molar-refractivity contribution < 1.29 is 33.7 Å². The highest BCUT2D eigenvalue weighted by Gasteiger charge is 2.51. The molecule has 0 spiro atoms. The van der Waals surface area contributed by atoms with Crippen molar-refractivity contribution in [1.82, 2.24) is 0 Å². The van der Waals surface area contributed by atoms with Gasteiger partial charge in [0, 0.05) is 12.5 Å². The van der Waals surface area contributed by atoms with Gasteiger partial charge in [0.05, 0.1) is 17.0 Å². The van der Waals surface area contributed by atoms with Crippen LogP contribution in [-0.2, 0) is 25.6 Å². The molecule has 0 unspecified atom stereocenters. The summed E-state index contributed by atoms with van der Waals surface area (Å²) in [4.78, 5) is 38.7. The van der Waals surface area contributed by atoms with Gasteiger partial charge in [0.15, 0.2) is 6.10 Å². The molecule has 4 atom stereocenters. The molecule has 0 radical (unpaired) electrons. The third kappa shape index (κ3) is 5.94. The molecule has 0 heterocycles. The van der Waals surface area contributed by atoms with Crippen LogP contribution in [-0.4, -0.2) is 41.8 Å². The maximum absolute atomic E-state index is 13.1. The van der Waals surface area contributed by atoms with Crippen molar-refractivity contribution in [2.24, 2.45) is 11.8 Å². The van der Waals surface area contributed by atoms with E-state index in [2.05, 4.69) is 0 Å². The lowest BCUT2D eigenvalue weighted by molar-refractivity contribution is -0.154. The predicted molar refractivity (Wildman–Crippen MR) is 126 cm³/mol. The molecule has 0 aliphatic heterocycles. The van der Waals surface area contributed by atoms with Gasteiger partial charge >= 0.3 is 17.9 Å². The van der Waals surface area contributed by atoms with Gasteiger partial charge in [0.25, 0.3) is 0 Å². The molecule has 0 bridgehead atoms. The molecule has 1 aliphatic carbocycles. The maximum Gasteiger partial charge on any atom is 0.338 e. The largest absolute Gasteiger partial charge is 0.460 e. The predicted octanol–water partition coefficient (Wildman–Crippen LogP) is 3.81. The topological polar surface area (TPSA) is 99.1 Å². The molecule has 35 heavy (non-hydrogen) atoms. The van der Waals surface area contributed by atoms with Crippen molar-refractivity contribution in [2.45, 2.75) is 25.2 Å². The molecule has 1 saturated carbocycles. The third-order valence-corrected chi connectivity index (χ3v) is 6.01. The van der Waals surface area contributed by atoms with E-state index in [1.165, 1.54) is 0 Å². The molecule has 3 aromatic carbocycles. The van der Waals surface area contributed by atoms with Crippen LogP contribution >= 0.6 is 0 Å². The SMILES string of the molecule is O=C(O[C@@H]1[C@@H](CO)C[C@@H](C(=O)OCc2ccccc2)[C@@H]1OC(=O)c1ccccc1)c1ccccc1. The zero-order chi connectivity index (χ0) is 24.6. The Balaban J connectivity index is 1.56. The minimum absolute atomic E-state index is 0.0494. The number of rotatable bonds is 8. The van der Waals surface area contributed by atoms with Gasteiger partial charge in [0.2, 0.25) is 0 Å². The molecule has 0 amide bonds. The van der Waals surface area contributed by atoms with Gasteiger partial charge in [-0.15, -0.1) is 0 Å². The summed E-state index contributed by atoms with van der Waals surface area (Å²) in [6.07, 6.45) is -1.99. The Labute approximate surface area is 203 Å². The molecule has 3 aromatic rings. The normalized spacial score (nSPS) is 21.2. The van der Waals surface area contributed by atoms with Crippen LogP contribution in [0, 0.1) is 11.8 Å².